The van der Waals surface area contributed by atoms with Crippen LogP contribution in [0.25, 0.3) is 0 Å². The van der Waals surface area contributed by atoms with Gasteiger partial charge in [0.05, 0.1) is 5.69 Å². The summed E-state index contributed by atoms with van der Waals surface area (Å²) in [7, 11) is 0. The van der Waals surface area contributed by atoms with Crippen LogP contribution in [-0.2, 0) is 4.79 Å². The number of nitrogens with one attached hydrogen (secondary N) is 1. The van der Waals surface area contributed by atoms with Gasteiger partial charge in [0.15, 0.2) is 17.3 Å². The SMILES string of the molecule is CC(=O)c1cc2c(cc1NC(=O)[C@H]1C[C@H]1C)OCO2. The molecule has 2 aliphatic rings. The molecule has 1 aromatic rings. The van der Waals surface area contributed by atoms with Crippen molar-refractivity contribution in [1.82, 2.24) is 0 Å². The molecule has 2 atom stereocenters. The van der Waals surface area contributed by atoms with Crippen LogP contribution < -0.4 is 14.8 Å². The molecule has 1 aromatic carbocycles. The molecule has 0 spiro atoms. The maximum absolute atomic E-state index is 12.0. The van der Waals surface area contributed by atoms with E-state index in [9.17, 15) is 9.59 Å². The van der Waals surface area contributed by atoms with Crippen molar-refractivity contribution in [3.05, 3.63) is 17.7 Å². The number of hydrogen-bond acceptors (Lipinski definition) is 4. The number of ether oxygens (including phenoxy) is 2. The minimum Gasteiger partial charge on any atom is -0.454 e. The van der Waals surface area contributed by atoms with Crippen molar-refractivity contribution < 1.29 is 19.1 Å². The van der Waals surface area contributed by atoms with Crippen molar-refractivity contribution in [2.24, 2.45) is 11.8 Å². The molecular formula is C14H15NO4. The summed E-state index contributed by atoms with van der Waals surface area (Å²) in [6.07, 6.45) is 0.909. The Bertz CT molecular complexity index is 567. The van der Waals surface area contributed by atoms with Gasteiger partial charge in [0.2, 0.25) is 12.7 Å². The average Bonchev–Trinajstić information content (AvgIpc) is 2.92. The van der Waals surface area contributed by atoms with E-state index in [1.54, 1.807) is 12.1 Å². The van der Waals surface area contributed by atoms with Gasteiger partial charge in [-0.25, -0.2) is 0 Å². The van der Waals surface area contributed by atoms with Gasteiger partial charge in [0.25, 0.3) is 0 Å². The van der Waals surface area contributed by atoms with Crippen molar-refractivity contribution in [1.29, 1.82) is 0 Å². The molecule has 1 aliphatic carbocycles. The summed E-state index contributed by atoms with van der Waals surface area (Å²) in [5.74, 6) is 1.44. The molecule has 0 radical (unpaired) electrons. The molecule has 0 aromatic heterocycles. The van der Waals surface area contributed by atoms with Gasteiger partial charge >= 0.3 is 0 Å². The molecule has 19 heavy (non-hydrogen) atoms. The highest BCUT2D eigenvalue weighted by Gasteiger charge is 2.39. The van der Waals surface area contributed by atoms with Crippen LogP contribution in [0.2, 0.25) is 0 Å². The molecule has 1 N–H and O–H groups in total. The number of amides is 1. The largest absolute Gasteiger partial charge is 0.454 e. The van der Waals surface area contributed by atoms with E-state index in [1.807, 2.05) is 6.92 Å². The Kier molecular flexibility index (Phi) is 2.69. The second-order valence-corrected chi connectivity index (χ2v) is 5.12. The van der Waals surface area contributed by atoms with E-state index in [-0.39, 0.29) is 24.4 Å². The molecule has 5 heteroatoms. The molecule has 1 aliphatic heterocycles. The van der Waals surface area contributed by atoms with E-state index in [2.05, 4.69) is 5.32 Å². The normalized spacial score (nSPS) is 23.1. The monoisotopic (exact) mass is 261 g/mol. The lowest BCUT2D eigenvalue weighted by atomic mass is 10.1. The summed E-state index contributed by atoms with van der Waals surface area (Å²) in [6, 6.07) is 3.28. The quantitative estimate of drug-likeness (QED) is 0.847. The maximum Gasteiger partial charge on any atom is 0.231 e. The number of ketones is 1. The zero-order chi connectivity index (χ0) is 13.6. The molecule has 100 valence electrons. The van der Waals surface area contributed by atoms with Crippen LogP contribution in [0.3, 0.4) is 0 Å². The Morgan fingerprint density at radius 1 is 1.26 bits per heavy atom. The Labute approximate surface area is 110 Å². The highest BCUT2D eigenvalue weighted by Crippen LogP contribution is 2.40. The van der Waals surface area contributed by atoms with Crippen LogP contribution in [0.4, 0.5) is 5.69 Å². The predicted octanol–water partition coefficient (Wildman–Crippen LogP) is 2.21. The van der Waals surface area contributed by atoms with Gasteiger partial charge in [-0.3, -0.25) is 9.59 Å². The lowest BCUT2D eigenvalue weighted by Gasteiger charge is -2.10. The minimum absolute atomic E-state index is 0.0335. The van der Waals surface area contributed by atoms with Crippen LogP contribution in [0.15, 0.2) is 12.1 Å². The highest BCUT2D eigenvalue weighted by molar-refractivity contribution is 6.05. The van der Waals surface area contributed by atoms with Gasteiger partial charge < -0.3 is 14.8 Å². The minimum atomic E-state index is -0.113. The number of anilines is 1. The zero-order valence-corrected chi connectivity index (χ0v) is 10.9. The highest BCUT2D eigenvalue weighted by atomic mass is 16.7. The first-order valence-corrected chi connectivity index (χ1v) is 6.31. The van der Waals surface area contributed by atoms with Crippen molar-refractivity contribution in [3.8, 4) is 11.5 Å². The van der Waals surface area contributed by atoms with E-state index < -0.39 is 0 Å². The Morgan fingerprint density at radius 2 is 1.89 bits per heavy atom. The van der Waals surface area contributed by atoms with Crippen molar-refractivity contribution in [2.75, 3.05) is 12.1 Å². The first-order valence-electron chi connectivity index (χ1n) is 6.31. The van der Waals surface area contributed by atoms with Gasteiger partial charge in [-0.2, -0.15) is 0 Å². The molecule has 0 unspecified atom stereocenters. The molecule has 1 saturated carbocycles. The van der Waals surface area contributed by atoms with Crippen molar-refractivity contribution in [2.45, 2.75) is 20.3 Å². The summed E-state index contributed by atoms with van der Waals surface area (Å²) in [4.78, 5) is 23.6. The Balaban J connectivity index is 1.90. The first-order chi connectivity index (χ1) is 9.06. The average molecular weight is 261 g/mol. The molecular weight excluding hydrogens is 246 g/mol. The van der Waals surface area contributed by atoms with Crippen LogP contribution in [0.1, 0.15) is 30.6 Å². The second-order valence-electron chi connectivity index (χ2n) is 5.12. The van der Waals surface area contributed by atoms with Gasteiger partial charge in [0, 0.05) is 17.5 Å². The number of hydrogen-bond donors (Lipinski definition) is 1. The van der Waals surface area contributed by atoms with E-state index in [4.69, 9.17) is 9.47 Å². The third kappa shape index (κ3) is 2.16. The number of rotatable bonds is 3. The van der Waals surface area contributed by atoms with Crippen LogP contribution in [0.5, 0.6) is 11.5 Å². The fourth-order valence-corrected chi connectivity index (χ4v) is 2.25. The number of benzene rings is 1. The van der Waals surface area contributed by atoms with E-state index in [0.29, 0.717) is 28.7 Å². The van der Waals surface area contributed by atoms with Crippen molar-refractivity contribution >= 4 is 17.4 Å². The standard InChI is InChI=1S/C14H15NO4/c1-7-3-9(7)14(17)15-11-5-13-12(18-6-19-13)4-10(11)8(2)16/h4-5,7,9H,3,6H2,1-2H3,(H,15,17)/t7-,9+/m1/s1. The molecule has 1 fully saturated rings. The smallest absolute Gasteiger partial charge is 0.231 e. The Hall–Kier alpha value is -2.04. The third-order valence-corrected chi connectivity index (χ3v) is 3.60. The number of carbonyl (C=O) groups excluding carboxylic acids is 2. The predicted molar refractivity (Wildman–Crippen MR) is 68.5 cm³/mol. The molecule has 3 rings (SSSR count). The number of carbonyl (C=O) groups is 2. The molecule has 0 bridgehead atoms. The fraction of sp³-hybridized carbons (Fsp3) is 0.429. The lowest BCUT2D eigenvalue weighted by Crippen LogP contribution is -2.16. The summed E-state index contributed by atoms with van der Waals surface area (Å²) < 4.78 is 10.5. The van der Waals surface area contributed by atoms with E-state index in [1.165, 1.54) is 6.92 Å². The number of fused-ring (bicyclic) bond motifs is 1. The van der Waals surface area contributed by atoms with Gasteiger partial charge in [-0.1, -0.05) is 6.92 Å². The van der Waals surface area contributed by atoms with E-state index >= 15 is 0 Å². The van der Waals surface area contributed by atoms with Crippen LogP contribution in [-0.4, -0.2) is 18.5 Å². The summed E-state index contributed by atoms with van der Waals surface area (Å²) in [5.41, 5.74) is 0.951. The van der Waals surface area contributed by atoms with Gasteiger partial charge in [0.1, 0.15) is 0 Å². The van der Waals surface area contributed by atoms with Gasteiger partial charge in [-0.05, 0) is 25.3 Å². The maximum atomic E-state index is 12.0. The first kappa shape index (κ1) is 12.0. The molecule has 1 heterocycles. The number of Topliss-reactive ketones (excluding diaryl/α,β-unsaturated/α-hetero) is 1. The topological polar surface area (TPSA) is 64.6 Å². The zero-order valence-electron chi connectivity index (χ0n) is 10.9. The molecule has 1 amide bonds. The second kappa shape index (κ2) is 4.26. The molecule has 0 saturated heterocycles. The van der Waals surface area contributed by atoms with Crippen LogP contribution >= 0.6 is 0 Å². The molecule has 5 nitrogen and oxygen atoms in total. The lowest BCUT2D eigenvalue weighted by molar-refractivity contribution is -0.117. The fourth-order valence-electron chi connectivity index (χ4n) is 2.25. The van der Waals surface area contributed by atoms with Gasteiger partial charge in [-0.15, -0.1) is 0 Å². The summed E-state index contributed by atoms with van der Waals surface area (Å²) in [5, 5.41) is 2.82. The Morgan fingerprint density at radius 3 is 2.47 bits per heavy atom. The summed E-state index contributed by atoms with van der Waals surface area (Å²) >= 11 is 0. The third-order valence-electron chi connectivity index (χ3n) is 3.60. The van der Waals surface area contributed by atoms with Crippen molar-refractivity contribution in [3.63, 3.8) is 0 Å². The van der Waals surface area contributed by atoms with Crippen LogP contribution in [0, 0.1) is 11.8 Å². The van der Waals surface area contributed by atoms with E-state index in [0.717, 1.165) is 6.42 Å². The summed E-state index contributed by atoms with van der Waals surface area (Å²) in [6.45, 7) is 3.65.